The van der Waals surface area contributed by atoms with Crippen molar-refractivity contribution in [2.24, 2.45) is 5.92 Å². The number of fused-ring (bicyclic) bond motifs is 1. The van der Waals surface area contributed by atoms with Gasteiger partial charge >= 0.3 is 0 Å². The van der Waals surface area contributed by atoms with E-state index in [2.05, 4.69) is 44.5 Å². The van der Waals surface area contributed by atoms with Gasteiger partial charge in [0.05, 0.1) is 11.0 Å². The van der Waals surface area contributed by atoms with Crippen LogP contribution in [0.25, 0.3) is 11.0 Å². The van der Waals surface area contributed by atoms with Crippen LogP contribution >= 0.6 is 15.9 Å². The minimum atomic E-state index is 0.443. The number of rotatable bonds is 2. The zero-order valence-corrected chi connectivity index (χ0v) is 12.2. The summed E-state index contributed by atoms with van der Waals surface area (Å²) in [6, 6.07) is 6.64. The fraction of sp³-hybridized carbons (Fsp3) is 0.500. The number of nitrogens with two attached hydrogens (primary N) is 1. The second-order valence-corrected chi connectivity index (χ2v) is 6.17. The Hall–Kier alpha value is -1.03. The first-order valence-corrected chi connectivity index (χ1v) is 7.39. The molecule has 0 spiro atoms. The SMILES string of the molecule is CC(C1CCCC1)n1c(N)nc2cc(Br)ccc21. The van der Waals surface area contributed by atoms with Gasteiger partial charge in [0, 0.05) is 10.5 Å². The maximum atomic E-state index is 6.11. The number of halogens is 1. The highest BCUT2D eigenvalue weighted by Crippen LogP contribution is 2.37. The Morgan fingerprint density at radius 1 is 1.39 bits per heavy atom. The third-order valence-corrected chi connectivity index (χ3v) is 4.66. The number of nitrogens with zero attached hydrogens (tertiary/aromatic N) is 2. The van der Waals surface area contributed by atoms with Crippen LogP contribution < -0.4 is 5.73 Å². The minimum absolute atomic E-state index is 0.443. The van der Waals surface area contributed by atoms with Crippen molar-refractivity contribution in [3.63, 3.8) is 0 Å². The highest BCUT2D eigenvalue weighted by molar-refractivity contribution is 9.10. The molecule has 96 valence electrons. The summed E-state index contributed by atoms with van der Waals surface area (Å²) >= 11 is 3.48. The molecule has 2 N–H and O–H groups in total. The Kier molecular flexibility index (Phi) is 3.06. The van der Waals surface area contributed by atoms with Gasteiger partial charge in [-0.25, -0.2) is 4.98 Å². The number of nitrogen functional groups attached to an aromatic ring is 1. The molecular weight excluding hydrogens is 290 g/mol. The maximum absolute atomic E-state index is 6.11. The normalized spacial score (nSPS) is 18.6. The summed E-state index contributed by atoms with van der Waals surface area (Å²) in [6.07, 6.45) is 5.34. The molecule has 4 heteroatoms. The average molecular weight is 308 g/mol. The lowest BCUT2D eigenvalue weighted by Crippen LogP contribution is -2.16. The van der Waals surface area contributed by atoms with E-state index in [4.69, 9.17) is 5.73 Å². The molecule has 1 aliphatic carbocycles. The fourth-order valence-corrected chi connectivity index (χ4v) is 3.52. The molecule has 0 bridgehead atoms. The van der Waals surface area contributed by atoms with Gasteiger partial charge in [0.25, 0.3) is 0 Å². The number of benzene rings is 1. The Labute approximate surface area is 116 Å². The molecule has 18 heavy (non-hydrogen) atoms. The third-order valence-electron chi connectivity index (χ3n) is 4.17. The molecule has 1 aromatic carbocycles. The van der Waals surface area contributed by atoms with Crippen molar-refractivity contribution in [2.75, 3.05) is 5.73 Å². The number of aromatic nitrogens is 2. The predicted molar refractivity (Wildman–Crippen MR) is 78.5 cm³/mol. The maximum Gasteiger partial charge on any atom is 0.201 e. The summed E-state index contributed by atoms with van der Waals surface area (Å²) in [5, 5.41) is 0. The van der Waals surface area contributed by atoms with Crippen molar-refractivity contribution in [1.29, 1.82) is 0 Å². The van der Waals surface area contributed by atoms with E-state index in [1.165, 1.54) is 25.7 Å². The average Bonchev–Trinajstić information content (AvgIpc) is 2.94. The summed E-state index contributed by atoms with van der Waals surface area (Å²) in [6.45, 7) is 2.27. The Morgan fingerprint density at radius 3 is 2.83 bits per heavy atom. The second kappa shape index (κ2) is 4.57. The summed E-state index contributed by atoms with van der Waals surface area (Å²) in [5.74, 6) is 1.39. The monoisotopic (exact) mass is 307 g/mol. The van der Waals surface area contributed by atoms with E-state index in [9.17, 15) is 0 Å². The molecule has 1 heterocycles. The number of imidazole rings is 1. The van der Waals surface area contributed by atoms with Crippen LogP contribution in [0.15, 0.2) is 22.7 Å². The largest absolute Gasteiger partial charge is 0.369 e. The molecule has 0 radical (unpaired) electrons. The summed E-state index contributed by atoms with van der Waals surface area (Å²) in [4.78, 5) is 4.48. The Morgan fingerprint density at radius 2 is 2.11 bits per heavy atom. The predicted octanol–water partition coefficient (Wildman–Crippen LogP) is 4.13. The highest BCUT2D eigenvalue weighted by Gasteiger charge is 2.25. The third kappa shape index (κ3) is 1.92. The first-order chi connectivity index (χ1) is 8.66. The molecule has 1 atom stereocenters. The quantitative estimate of drug-likeness (QED) is 0.906. The summed E-state index contributed by atoms with van der Waals surface area (Å²) < 4.78 is 3.26. The van der Waals surface area contributed by atoms with Crippen LogP contribution in [0.4, 0.5) is 5.95 Å². The van der Waals surface area contributed by atoms with E-state index in [1.54, 1.807) is 0 Å². The standard InChI is InChI=1S/C14H18BrN3/c1-9(10-4-2-3-5-10)18-13-7-6-11(15)8-12(13)17-14(18)16/h6-10H,2-5H2,1H3,(H2,16,17). The van der Waals surface area contributed by atoms with Crippen LogP contribution in [-0.2, 0) is 0 Å². The highest BCUT2D eigenvalue weighted by atomic mass is 79.9. The minimum Gasteiger partial charge on any atom is -0.369 e. The van der Waals surface area contributed by atoms with Gasteiger partial charge in [0.2, 0.25) is 5.95 Å². The van der Waals surface area contributed by atoms with Crippen LogP contribution in [-0.4, -0.2) is 9.55 Å². The van der Waals surface area contributed by atoms with Crippen LogP contribution in [0.2, 0.25) is 0 Å². The molecule has 1 unspecified atom stereocenters. The van der Waals surface area contributed by atoms with Crippen molar-refractivity contribution in [3.05, 3.63) is 22.7 Å². The smallest absolute Gasteiger partial charge is 0.201 e. The summed E-state index contributed by atoms with van der Waals surface area (Å²) in [5.41, 5.74) is 8.24. The van der Waals surface area contributed by atoms with Crippen molar-refractivity contribution in [2.45, 2.75) is 38.6 Å². The Bertz CT molecular complexity index is 570. The first kappa shape index (κ1) is 12.0. The van der Waals surface area contributed by atoms with Gasteiger partial charge < -0.3 is 10.3 Å². The van der Waals surface area contributed by atoms with E-state index in [-0.39, 0.29) is 0 Å². The fourth-order valence-electron chi connectivity index (χ4n) is 3.17. The molecule has 0 aliphatic heterocycles. The van der Waals surface area contributed by atoms with E-state index in [1.807, 2.05) is 6.07 Å². The van der Waals surface area contributed by atoms with E-state index in [0.717, 1.165) is 21.4 Å². The first-order valence-electron chi connectivity index (χ1n) is 6.60. The lowest BCUT2D eigenvalue weighted by Gasteiger charge is -2.22. The van der Waals surface area contributed by atoms with Gasteiger partial charge in [-0.1, -0.05) is 28.8 Å². The van der Waals surface area contributed by atoms with Gasteiger partial charge in [-0.3, -0.25) is 0 Å². The Balaban J connectivity index is 2.07. The molecule has 2 aromatic rings. The zero-order chi connectivity index (χ0) is 12.7. The number of anilines is 1. The van der Waals surface area contributed by atoms with Crippen molar-refractivity contribution in [1.82, 2.24) is 9.55 Å². The summed E-state index contributed by atoms with van der Waals surface area (Å²) in [7, 11) is 0. The second-order valence-electron chi connectivity index (χ2n) is 5.26. The van der Waals surface area contributed by atoms with Crippen molar-refractivity contribution < 1.29 is 0 Å². The number of hydrogen-bond acceptors (Lipinski definition) is 2. The van der Waals surface area contributed by atoms with Gasteiger partial charge in [-0.15, -0.1) is 0 Å². The molecule has 1 aromatic heterocycles. The molecule has 1 fully saturated rings. The van der Waals surface area contributed by atoms with Crippen molar-refractivity contribution >= 4 is 32.9 Å². The molecule has 0 saturated heterocycles. The van der Waals surface area contributed by atoms with Gasteiger partial charge in [-0.05, 0) is 43.9 Å². The van der Waals surface area contributed by atoms with Crippen LogP contribution in [0.3, 0.4) is 0 Å². The van der Waals surface area contributed by atoms with E-state index >= 15 is 0 Å². The molecule has 3 nitrogen and oxygen atoms in total. The lowest BCUT2D eigenvalue weighted by atomic mass is 9.99. The van der Waals surface area contributed by atoms with Crippen molar-refractivity contribution in [3.8, 4) is 0 Å². The molecule has 3 rings (SSSR count). The van der Waals surface area contributed by atoms with Crippen LogP contribution in [0.1, 0.15) is 38.6 Å². The van der Waals surface area contributed by atoms with E-state index in [0.29, 0.717) is 12.0 Å². The molecule has 1 aliphatic rings. The topological polar surface area (TPSA) is 43.8 Å². The molecular formula is C14H18BrN3. The van der Waals surface area contributed by atoms with Crippen LogP contribution in [0, 0.1) is 5.92 Å². The lowest BCUT2D eigenvalue weighted by molar-refractivity contribution is 0.371. The van der Waals surface area contributed by atoms with Gasteiger partial charge in [-0.2, -0.15) is 0 Å². The van der Waals surface area contributed by atoms with Gasteiger partial charge in [0.1, 0.15) is 0 Å². The molecule has 1 saturated carbocycles. The zero-order valence-electron chi connectivity index (χ0n) is 10.6. The van der Waals surface area contributed by atoms with Crippen LogP contribution in [0.5, 0.6) is 0 Å². The van der Waals surface area contributed by atoms with E-state index < -0.39 is 0 Å². The number of hydrogen-bond donors (Lipinski definition) is 1. The van der Waals surface area contributed by atoms with Gasteiger partial charge in [0.15, 0.2) is 0 Å². The molecule has 0 amide bonds.